The monoisotopic (exact) mass is 475 g/mol. The van der Waals surface area contributed by atoms with E-state index in [1.807, 2.05) is 0 Å². The molecule has 3 atom stereocenters. The molecule has 1 amide bonds. The molecule has 1 aromatic heterocycles. The van der Waals surface area contributed by atoms with Crippen molar-refractivity contribution in [2.45, 2.75) is 56.0 Å². The molecule has 1 saturated heterocycles. The zero-order valence-corrected chi connectivity index (χ0v) is 19.2. The number of aryl methyl sites for hydroxylation is 1. The molecule has 1 aliphatic heterocycles. The molecular weight excluding hydrogens is 446 g/mol. The third-order valence-corrected chi connectivity index (χ3v) is 8.25. The summed E-state index contributed by atoms with van der Waals surface area (Å²) in [6.07, 6.45) is 8.47. The summed E-state index contributed by atoms with van der Waals surface area (Å²) in [5.41, 5.74) is 0. The standard InChI is InChI=1S/C22H29N5O5S/c28-21(26-13-10-17-6-4-5-7-18(17)16-26)20(11-14-25-15-12-23-22(25)27(29)30)24-33(31,32)19-8-2-1-3-9-19/h1-3,8-9,12,15,17-18,20,24H,4-7,10-11,13-14,16H2/t17-,18-,20?/m0/s1. The Bertz CT molecular complexity index is 1090. The number of hydrogen-bond donors (Lipinski definition) is 1. The van der Waals surface area contributed by atoms with Gasteiger partial charge in [-0.25, -0.2) is 13.0 Å². The minimum absolute atomic E-state index is 0.0717. The minimum Gasteiger partial charge on any atom is -0.390 e. The molecule has 0 bridgehead atoms. The van der Waals surface area contributed by atoms with E-state index in [0.717, 1.165) is 19.3 Å². The van der Waals surface area contributed by atoms with Gasteiger partial charge in [0.1, 0.15) is 18.4 Å². The summed E-state index contributed by atoms with van der Waals surface area (Å²) < 4.78 is 29.9. The molecule has 1 N–H and O–H groups in total. The van der Waals surface area contributed by atoms with Crippen molar-refractivity contribution in [1.82, 2.24) is 19.2 Å². The number of likely N-dealkylation sites (tertiary alicyclic amines) is 1. The maximum atomic E-state index is 13.5. The fourth-order valence-electron chi connectivity index (χ4n) is 5.03. The summed E-state index contributed by atoms with van der Waals surface area (Å²) in [5, 5.41) is 11.2. The van der Waals surface area contributed by atoms with Crippen molar-refractivity contribution >= 4 is 21.9 Å². The number of imidazole rings is 1. The van der Waals surface area contributed by atoms with E-state index in [0.29, 0.717) is 24.9 Å². The molecular formula is C22H29N5O5S. The van der Waals surface area contributed by atoms with Gasteiger partial charge in [0.2, 0.25) is 15.9 Å². The third kappa shape index (κ3) is 5.41. The van der Waals surface area contributed by atoms with Crippen molar-refractivity contribution in [3.8, 4) is 0 Å². The molecule has 1 unspecified atom stereocenters. The second-order valence-electron chi connectivity index (χ2n) is 8.83. The Morgan fingerprint density at radius 1 is 1.18 bits per heavy atom. The summed E-state index contributed by atoms with van der Waals surface area (Å²) in [7, 11) is -3.94. The molecule has 0 spiro atoms. The highest BCUT2D eigenvalue weighted by molar-refractivity contribution is 7.89. The first-order valence-electron chi connectivity index (χ1n) is 11.4. The fraction of sp³-hybridized carbons (Fsp3) is 0.545. The van der Waals surface area contributed by atoms with Crippen LogP contribution in [0.1, 0.15) is 38.5 Å². The molecule has 178 valence electrons. The topological polar surface area (TPSA) is 127 Å². The number of benzene rings is 1. The van der Waals surface area contributed by atoms with Crippen LogP contribution in [0.2, 0.25) is 0 Å². The lowest BCUT2D eigenvalue weighted by atomic mass is 9.75. The first-order chi connectivity index (χ1) is 15.8. The molecule has 11 heteroatoms. The van der Waals surface area contributed by atoms with Crippen LogP contribution in [-0.4, -0.2) is 52.8 Å². The van der Waals surface area contributed by atoms with E-state index >= 15 is 0 Å². The van der Waals surface area contributed by atoms with Crippen molar-refractivity contribution in [1.29, 1.82) is 0 Å². The Morgan fingerprint density at radius 3 is 2.64 bits per heavy atom. The molecule has 2 fully saturated rings. The lowest BCUT2D eigenvalue weighted by molar-refractivity contribution is -0.396. The van der Waals surface area contributed by atoms with Gasteiger partial charge < -0.3 is 15.0 Å². The normalized spacial score (nSPS) is 21.9. The molecule has 10 nitrogen and oxygen atoms in total. The number of aromatic nitrogens is 2. The molecule has 2 aromatic rings. The summed E-state index contributed by atoms with van der Waals surface area (Å²) in [4.78, 5) is 29.7. The Balaban J connectivity index is 1.53. The second-order valence-corrected chi connectivity index (χ2v) is 10.5. The first kappa shape index (κ1) is 23.4. The molecule has 1 saturated carbocycles. The Labute approximate surface area is 193 Å². The number of amides is 1. The van der Waals surface area contributed by atoms with Gasteiger partial charge in [0.25, 0.3) is 0 Å². The number of nitrogens with zero attached hydrogens (tertiary/aromatic N) is 4. The molecule has 1 aliphatic carbocycles. The summed E-state index contributed by atoms with van der Waals surface area (Å²) in [5.74, 6) is 0.477. The van der Waals surface area contributed by atoms with Crippen molar-refractivity contribution in [2.75, 3.05) is 13.1 Å². The van der Waals surface area contributed by atoms with Gasteiger partial charge in [-0.2, -0.15) is 4.72 Å². The Morgan fingerprint density at radius 2 is 1.91 bits per heavy atom. The lowest BCUT2D eigenvalue weighted by Crippen LogP contribution is -2.53. The van der Waals surface area contributed by atoms with Crippen molar-refractivity contribution in [3.05, 3.63) is 52.8 Å². The number of hydrogen-bond acceptors (Lipinski definition) is 6. The molecule has 4 rings (SSSR count). The maximum absolute atomic E-state index is 13.5. The van der Waals surface area contributed by atoms with Crippen molar-refractivity contribution < 1.29 is 18.1 Å². The number of carbonyl (C=O) groups excluding carboxylic acids is 1. The second kappa shape index (κ2) is 10.0. The highest BCUT2D eigenvalue weighted by atomic mass is 32.2. The quantitative estimate of drug-likeness (QED) is 0.462. The average molecular weight is 476 g/mol. The highest BCUT2D eigenvalue weighted by Crippen LogP contribution is 2.36. The molecule has 1 aromatic carbocycles. The number of piperidine rings is 1. The van der Waals surface area contributed by atoms with E-state index in [1.165, 1.54) is 41.9 Å². The number of fused-ring (bicyclic) bond motifs is 1. The van der Waals surface area contributed by atoms with Gasteiger partial charge in [-0.15, -0.1) is 0 Å². The van der Waals surface area contributed by atoms with Crippen LogP contribution >= 0.6 is 0 Å². The van der Waals surface area contributed by atoms with E-state index in [2.05, 4.69) is 9.71 Å². The van der Waals surface area contributed by atoms with Crippen molar-refractivity contribution in [3.63, 3.8) is 0 Å². The average Bonchev–Trinajstić information content (AvgIpc) is 3.30. The fourth-order valence-corrected chi connectivity index (χ4v) is 6.27. The lowest BCUT2D eigenvalue weighted by Gasteiger charge is -2.42. The van der Waals surface area contributed by atoms with E-state index in [9.17, 15) is 23.3 Å². The largest absolute Gasteiger partial charge is 0.434 e. The van der Waals surface area contributed by atoms with Gasteiger partial charge >= 0.3 is 5.95 Å². The number of nitro groups is 1. The van der Waals surface area contributed by atoms with Crippen LogP contribution < -0.4 is 4.72 Å². The van der Waals surface area contributed by atoms with Crippen LogP contribution in [0, 0.1) is 22.0 Å². The molecule has 2 heterocycles. The van der Waals surface area contributed by atoms with Gasteiger partial charge in [-0.1, -0.05) is 42.4 Å². The third-order valence-electron chi connectivity index (χ3n) is 6.77. The Hall–Kier alpha value is -2.79. The van der Waals surface area contributed by atoms with E-state index in [1.54, 1.807) is 23.1 Å². The van der Waals surface area contributed by atoms with Gasteiger partial charge in [0.15, 0.2) is 0 Å². The maximum Gasteiger partial charge on any atom is 0.434 e. The highest BCUT2D eigenvalue weighted by Gasteiger charge is 2.36. The van der Waals surface area contributed by atoms with Crippen LogP contribution in [-0.2, 0) is 21.4 Å². The van der Waals surface area contributed by atoms with Crippen LogP contribution in [0.25, 0.3) is 0 Å². The number of carbonyl (C=O) groups is 1. The van der Waals surface area contributed by atoms with Crippen LogP contribution in [0.5, 0.6) is 0 Å². The van der Waals surface area contributed by atoms with Gasteiger partial charge in [-0.05, 0) is 41.7 Å². The first-order valence-corrected chi connectivity index (χ1v) is 12.8. The summed E-state index contributed by atoms with van der Waals surface area (Å²) >= 11 is 0. The molecule has 2 aliphatic rings. The van der Waals surface area contributed by atoms with Crippen LogP contribution in [0.4, 0.5) is 5.95 Å². The number of nitrogens with one attached hydrogen (secondary N) is 1. The van der Waals surface area contributed by atoms with Crippen LogP contribution in [0.15, 0.2) is 47.6 Å². The Kier molecular flexibility index (Phi) is 7.08. The predicted molar refractivity (Wildman–Crippen MR) is 121 cm³/mol. The van der Waals surface area contributed by atoms with E-state index in [4.69, 9.17) is 0 Å². The zero-order chi connectivity index (χ0) is 23.4. The van der Waals surface area contributed by atoms with Crippen molar-refractivity contribution in [2.24, 2.45) is 11.8 Å². The number of sulfonamides is 1. The van der Waals surface area contributed by atoms with Gasteiger partial charge in [0, 0.05) is 19.5 Å². The van der Waals surface area contributed by atoms with Gasteiger partial charge in [-0.3, -0.25) is 4.79 Å². The smallest absolute Gasteiger partial charge is 0.390 e. The summed E-state index contributed by atoms with van der Waals surface area (Å²) in [6, 6.07) is 6.87. The molecule has 0 radical (unpaired) electrons. The van der Waals surface area contributed by atoms with E-state index < -0.39 is 21.0 Å². The number of rotatable bonds is 8. The molecule has 33 heavy (non-hydrogen) atoms. The van der Waals surface area contributed by atoms with E-state index in [-0.39, 0.29) is 29.7 Å². The minimum atomic E-state index is -3.94. The summed E-state index contributed by atoms with van der Waals surface area (Å²) in [6.45, 7) is 1.33. The van der Waals surface area contributed by atoms with Crippen LogP contribution in [0.3, 0.4) is 0 Å². The van der Waals surface area contributed by atoms with Gasteiger partial charge in [0.05, 0.1) is 11.4 Å². The predicted octanol–water partition coefficient (Wildman–Crippen LogP) is 2.57. The zero-order valence-electron chi connectivity index (χ0n) is 18.4. The SMILES string of the molecule is O=C(C(CCn1ccnc1[N+](=O)[O-])NS(=O)(=O)c1ccccc1)N1CC[C@@H]2CCCC[C@H]2C1.